The van der Waals surface area contributed by atoms with Crippen molar-refractivity contribution < 1.29 is 8.78 Å². The van der Waals surface area contributed by atoms with Crippen LogP contribution in [0.5, 0.6) is 0 Å². The summed E-state index contributed by atoms with van der Waals surface area (Å²) in [6, 6.07) is 0. The molecule has 0 saturated carbocycles. The van der Waals surface area contributed by atoms with Crippen LogP contribution in [0.4, 0.5) is 8.78 Å². The smallest absolute Gasteiger partial charge is 0.214 e. The van der Waals surface area contributed by atoms with Gasteiger partial charge in [0.1, 0.15) is 0 Å². The van der Waals surface area contributed by atoms with Gasteiger partial charge in [-0.1, -0.05) is 6.58 Å². The highest BCUT2D eigenvalue weighted by Gasteiger charge is 2.12. The summed E-state index contributed by atoms with van der Waals surface area (Å²) >= 11 is 0. The van der Waals surface area contributed by atoms with Gasteiger partial charge in [-0.25, -0.2) is 8.78 Å². The van der Waals surface area contributed by atoms with E-state index in [0.717, 1.165) is 7.85 Å². The van der Waals surface area contributed by atoms with Crippen LogP contribution in [0.3, 0.4) is 0 Å². The van der Waals surface area contributed by atoms with E-state index in [0.29, 0.717) is 6.08 Å². The van der Waals surface area contributed by atoms with Gasteiger partial charge in [-0.05, 0) is 6.08 Å². The van der Waals surface area contributed by atoms with E-state index in [1.165, 1.54) is 0 Å². The maximum Gasteiger partial charge on any atom is 0.224 e. The van der Waals surface area contributed by atoms with E-state index in [2.05, 4.69) is 6.58 Å². The first kappa shape index (κ1) is 5.66. The van der Waals surface area contributed by atoms with Crippen molar-refractivity contribution in [3.8, 4) is 0 Å². The van der Waals surface area contributed by atoms with Gasteiger partial charge < -0.3 is 0 Å². The summed E-state index contributed by atoms with van der Waals surface area (Å²) in [5, 5.41) is 0. The first-order chi connectivity index (χ1) is 2.56. The second-order valence-corrected chi connectivity index (χ2v) is 1.16. The summed E-state index contributed by atoms with van der Waals surface area (Å²) in [4.78, 5) is 0. The molecule has 0 nitrogen and oxygen atoms in total. The molecule has 34 valence electrons. The van der Waals surface area contributed by atoms with Gasteiger partial charge in [-0.2, -0.15) is 0 Å². The van der Waals surface area contributed by atoms with Gasteiger partial charge >= 0.3 is 0 Å². The normalized spacial score (nSPS) is 11.0. The lowest BCUT2D eigenvalue weighted by Crippen LogP contribution is -2.08. The SMILES string of the molecule is BC(F)(F)C=C. The van der Waals surface area contributed by atoms with Gasteiger partial charge in [-0.3, -0.25) is 0 Å². The second kappa shape index (κ2) is 1.41. The van der Waals surface area contributed by atoms with Gasteiger partial charge in [-0.15, -0.1) is 0 Å². The fourth-order valence-corrected chi connectivity index (χ4v) is 0. The highest BCUT2D eigenvalue weighted by Crippen LogP contribution is 2.05. The largest absolute Gasteiger partial charge is 0.224 e. The van der Waals surface area contributed by atoms with Gasteiger partial charge in [0.05, 0.1) is 0 Å². The lowest BCUT2D eigenvalue weighted by atomic mass is 10.00. The molecule has 0 aromatic rings. The summed E-state index contributed by atoms with van der Waals surface area (Å²) in [6.07, 6.45) is 0.604. The fourth-order valence-electron chi connectivity index (χ4n) is 0. The van der Waals surface area contributed by atoms with Crippen LogP contribution in [0.2, 0.25) is 0 Å². The Morgan fingerprint density at radius 3 is 1.83 bits per heavy atom. The van der Waals surface area contributed by atoms with E-state index in [9.17, 15) is 8.78 Å². The molecule has 0 bridgehead atoms. The Balaban J connectivity index is 3.45. The van der Waals surface area contributed by atoms with Crippen LogP contribution >= 0.6 is 0 Å². The van der Waals surface area contributed by atoms with Crippen LogP contribution in [-0.4, -0.2) is 13.7 Å². The van der Waals surface area contributed by atoms with Crippen molar-refractivity contribution in [1.82, 2.24) is 0 Å². The Morgan fingerprint density at radius 1 is 1.67 bits per heavy atom. The van der Waals surface area contributed by atoms with Gasteiger partial charge in [0.2, 0.25) is 5.82 Å². The third-order valence-corrected chi connectivity index (χ3v) is 0.358. The molecule has 0 aliphatic rings. The van der Waals surface area contributed by atoms with E-state index >= 15 is 0 Å². The highest BCUT2D eigenvalue weighted by molar-refractivity contribution is 6.14. The van der Waals surface area contributed by atoms with Gasteiger partial charge in [0.25, 0.3) is 0 Å². The molecule has 0 saturated heterocycles. The van der Waals surface area contributed by atoms with Crippen molar-refractivity contribution in [2.75, 3.05) is 0 Å². The molecule has 0 rings (SSSR count). The first-order valence-electron chi connectivity index (χ1n) is 1.57. The van der Waals surface area contributed by atoms with E-state index in [-0.39, 0.29) is 0 Å². The van der Waals surface area contributed by atoms with Gasteiger partial charge in [0, 0.05) is 0 Å². The zero-order valence-electron chi connectivity index (χ0n) is 3.54. The molecule has 3 heteroatoms. The number of alkyl halides is 2. The molecule has 6 heavy (non-hydrogen) atoms. The van der Waals surface area contributed by atoms with E-state index in [1.54, 1.807) is 0 Å². The number of halogens is 2. The predicted molar refractivity (Wildman–Crippen MR) is 23.7 cm³/mol. The van der Waals surface area contributed by atoms with Crippen molar-refractivity contribution >= 4 is 7.85 Å². The number of hydrogen-bond acceptors (Lipinski definition) is 0. The quantitative estimate of drug-likeness (QED) is 0.323. The average Bonchev–Trinajstić information content (AvgIpc) is 1.35. The van der Waals surface area contributed by atoms with Crippen LogP contribution in [0.25, 0.3) is 0 Å². The van der Waals surface area contributed by atoms with Crippen molar-refractivity contribution in [3.63, 3.8) is 0 Å². The highest BCUT2D eigenvalue weighted by atomic mass is 19.3. The molecule has 0 radical (unpaired) electrons. The third kappa shape index (κ3) is 3.66. The van der Waals surface area contributed by atoms with Crippen molar-refractivity contribution in [3.05, 3.63) is 12.7 Å². The Labute approximate surface area is 36.3 Å². The summed E-state index contributed by atoms with van der Waals surface area (Å²) in [6.45, 7) is 2.88. The Bertz CT molecular complexity index is 54.3. The number of rotatable bonds is 1. The zero-order valence-corrected chi connectivity index (χ0v) is 3.54. The van der Waals surface area contributed by atoms with E-state index in [4.69, 9.17) is 0 Å². The second-order valence-electron chi connectivity index (χ2n) is 1.16. The molecule has 0 unspecified atom stereocenters. The van der Waals surface area contributed by atoms with Gasteiger partial charge in [0.15, 0.2) is 7.85 Å². The molecule has 0 aromatic heterocycles. The Hall–Kier alpha value is -0.335. The maximum atomic E-state index is 11.3. The molecule has 0 aromatic carbocycles. The summed E-state index contributed by atoms with van der Waals surface area (Å²) in [5.41, 5.74) is 0. The zero-order chi connectivity index (χ0) is 5.21. The first-order valence-corrected chi connectivity index (χ1v) is 1.57. The molecule has 0 fully saturated rings. The number of allylic oxidation sites excluding steroid dienone is 1. The summed E-state index contributed by atoms with van der Waals surface area (Å²) in [5.74, 6) is -2.69. The predicted octanol–water partition coefficient (Wildman–Crippen LogP) is 0.398. The van der Waals surface area contributed by atoms with Crippen LogP contribution in [-0.2, 0) is 0 Å². The maximum absolute atomic E-state index is 11.3. The van der Waals surface area contributed by atoms with Crippen molar-refractivity contribution in [1.29, 1.82) is 0 Å². The summed E-state index contributed by atoms with van der Waals surface area (Å²) in [7, 11) is 0.792. The number of hydrogen-bond donors (Lipinski definition) is 0. The average molecular weight is 89.9 g/mol. The standard InChI is InChI=1S/C3H5BF2/c1-2-3(4,5)6/h2H,1,4H2. The lowest BCUT2D eigenvalue weighted by Gasteiger charge is -1.97. The molecule has 0 aliphatic carbocycles. The topological polar surface area (TPSA) is 0 Å². The minimum atomic E-state index is -2.69. The molecule has 0 aliphatic heterocycles. The monoisotopic (exact) mass is 90.0 g/mol. The Kier molecular flexibility index (Phi) is 1.33. The molecule has 0 atom stereocenters. The lowest BCUT2D eigenvalue weighted by molar-refractivity contribution is 0.152. The van der Waals surface area contributed by atoms with E-state index < -0.39 is 5.82 Å². The molecular weight excluding hydrogens is 84.8 g/mol. The van der Waals surface area contributed by atoms with E-state index in [1.807, 2.05) is 0 Å². The Morgan fingerprint density at radius 2 is 1.83 bits per heavy atom. The molecule has 0 heterocycles. The molecule has 0 amide bonds. The molecule has 0 spiro atoms. The van der Waals surface area contributed by atoms with Crippen LogP contribution in [0.1, 0.15) is 0 Å². The molecular formula is C3H5BF2. The van der Waals surface area contributed by atoms with Crippen LogP contribution in [0, 0.1) is 0 Å². The third-order valence-electron chi connectivity index (χ3n) is 0.358. The van der Waals surface area contributed by atoms with Crippen LogP contribution in [0.15, 0.2) is 12.7 Å². The van der Waals surface area contributed by atoms with Crippen LogP contribution < -0.4 is 0 Å². The minimum Gasteiger partial charge on any atom is -0.214 e. The minimum absolute atomic E-state index is 0.604. The fraction of sp³-hybridized carbons (Fsp3) is 0.333. The van der Waals surface area contributed by atoms with Crippen molar-refractivity contribution in [2.24, 2.45) is 0 Å². The van der Waals surface area contributed by atoms with Crippen molar-refractivity contribution in [2.45, 2.75) is 5.82 Å². The summed E-state index contributed by atoms with van der Waals surface area (Å²) < 4.78 is 22.7. The molecule has 0 N–H and O–H groups in total.